The first-order valence-electron chi connectivity index (χ1n) is 6.35. The number of hydrogen-bond acceptors (Lipinski definition) is 1. The predicted molar refractivity (Wildman–Crippen MR) is 70.3 cm³/mol. The maximum atomic E-state index is 12.1. The van der Waals surface area contributed by atoms with Gasteiger partial charge in [0.05, 0.1) is 0 Å². The van der Waals surface area contributed by atoms with Gasteiger partial charge in [0.2, 0.25) is 5.91 Å². The summed E-state index contributed by atoms with van der Waals surface area (Å²) in [6, 6.07) is 0. The molecule has 2 heteroatoms. The van der Waals surface area contributed by atoms with Gasteiger partial charge >= 0.3 is 0 Å². The average Bonchev–Trinajstić information content (AvgIpc) is 2.07. The van der Waals surface area contributed by atoms with Crippen LogP contribution in [0.25, 0.3) is 0 Å². The van der Waals surface area contributed by atoms with E-state index in [0.717, 1.165) is 19.4 Å². The van der Waals surface area contributed by atoms with E-state index in [9.17, 15) is 4.79 Å². The van der Waals surface area contributed by atoms with Gasteiger partial charge in [0.15, 0.2) is 0 Å². The van der Waals surface area contributed by atoms with Crippen LogP contribution < -0.4 is 5.32 Å². The molecule has 0 rings (SSSR count). The Hall–Kier alpha value is -0.530. The third kappa shape index (κ3) is 6.14. The molecule has 0 fully saturated rings. The van der Waals surface area contributed by atoms with E-state index in [1.165, 1.54) is 0 Å². The highest BCUT2D eigenvalue weighted by Gasteiger charge is 2.34. The summed E-state index contributed by atoms with van der Waals surface area (Å²) in [6.07, 6.45) is 1.93. The van der Waals surface area contributed by atoms with Crippen LogP contribution in [0.5, 0.6) is 0 Å². The van der Waals surface area contributed by atoms with Crippen molar-refractivity contribution >= 4 is 5.91 Å². The molecular weight excluding hydrogens is 198 g/mol. The topological polar surface area (TPSA) is 29.1 Å². The van der Waals surface area contributed by atoms with Crippen LogP contribution in [0.15, 0.2) is 0 Å². The summed E-state index contributed by atoms with van der Waals surface area (Å²) in [6.45, 7) is 15.9. The van der Waals surface area contributed by atoms with Gasteiger partial charge in [-0.05, 0) is 23.7 Å². The van der Waals surface area contributed by atoms with Crippen molar-refractivity contribution in [1.29, 1.82) is 0 Å². The number of carbonyl (C=O) groups is 1. The second kappa shape index (κ2) is 5.70. The van der Waals surface area contributed by atoms with Gasteiger partial charge in [-0.3, -0.25) is 4.79 Å². The minimum atomic E-state index is 0.0328. The predicted octanol–water partition coefficient (Wildman–Crippen LogP) is 3.61. The molecule has 1 N–H and O–H groups in total. The van der Waals surface area contributed by atoms with Gasteiger partial charge in [0, 0.05) is 12.5 Å². The zero-order chi connectivity index (χ0) is 13.0. The monoisotopic (exact) mass is 227 g/mol. The van der Waals surface area contributed by atoms with Crippen LogP contribution in [0.2, 0.25) is 0 Å². The van der Waals surface area contributed by atoms with Crippen LogP contribution in [-0.4, -0.2) is 12.5 Å². The molecule has 0 saturated carbocycles. The van der Waals surface area contributed by atoms with Gasteiger partial charge in [-0.25, -0.2) is 0 Å². The van der Waals surface area contributed by atoms with Gasteiger partial charge in [0.25, 0.3) is 0 Å². The SMILES string of the molecule is CCCNC(=O)C(CC(C)(C)C)C(C)(C)C. The van der Waals surface area contributed by atoms with Gasteiger partial charge in [0.1, 0.15) is 0 Å². The third-order valence-electron chi connectivity index (χ3n) is 2.73. The number of rotatable bonds is 4. The Bertz CT molecular complexity index is 220. The fourth-order valence-corrected chi connectivity index (χ4v) is 1.78. The largest absolute Gasteiger partial charge is 0.356 e. The lowest BCUT2D eigenvalue weighted by Crippen LogP contribution is -2.40. The smallest absolute Gasteiger partial charge is 0.223 e. The van der Waals surface area contributed by atoms with E-state index >= 15 is 0 Å². The first kappa shape index (κ1) is 15.5. The molecule has 0 aliphatic rings. The van der Waals surface area contributed by atoms with Gasteiger partial charge in [-0.15, -0.1) is 0 Å². The van der Waals surface area contributed by atoms with E-state index in [-0.39, 0.29) is 22.7 Å². The van der Waals surface area contributed by atoms with Crippen LogP contribution >= 0.6 is 0 Å². The van der Waals surface area contributed by atoms with E-state index in [4.69, 9.17) is 0 Å². The number of amides is 1. The Balaban J connectivity index is 4.62. The minimum Gasteiger partial charge on any atom is -0.356 e. The second-order valence-corrected chi connectivity index (χ2v) is 6.97. The summed E-state index contributed by atoms with van der Waals surface area (Å²) in [5.41, 5.74) is 0.229. The molecule has 2 nitrogen and oxygen atoms in total. The molecule has 1 unspecified atom stereocenters. The van der Waals surface area contributed by atoms with Crippen molar-refractivity contribution in [3.05, 3.63) is 0 Å². The van der Waals surface area contributed by atoms with Gasteiger partial charge < -0.3 is 5.32 Å². The fourth-order valence-electron chi connectivity index (χ4n) is 1.78. The highest BCUT2D eigenvalue weighted by molar-refractivity contribution is 5.79. The van der Waals surface area contributed by atoms with Crippen LogP contribution in [-0.2, 0) is 4.79 Å². The van der Waals surface area contributed by atoms with Crippen LogP contribution in [0, 0.1) is 16.7 Å². The molecule has 0 spiro atoms. The summed E-state index contributed by atoms with van der Waals surface area (Å²) in [4.78, 5) is 12.1. The molecule has 0 aliphatic carbocycles. The Morgan fingerprint density at radius 2 is 1.62 bits per heavy atom. The molecule has 16 heavy (non-hydrogen) atoms. The van der Waals surface area contributed by atoms with Crippen LogP contribution in [0.1, 0.15) is 61.3 Å². The molecular formula is C14H29NO. The van der Waals surface area contributed by atoms with Crippen molar-refractivity contribution in [3.63, 3.8) is 0 Å². The van der Waals surface area contributed by atoms with Crippen LogP contribution in [0.3, 0.4) is 0 Å². The van der Waals surface area contributed by atoms with Crippen molar-refractivity contribution in [1.82, 2.24) is 5.32 Å². The highest BCUT2D eigenvalue weighted by atomic mass is 16.1. The Morgan fingerprint density at radius 1 is 1.12 bits per heavy atom. The van der Waals surface area contributed by atoms with Crippen molar-refractivity contribution in [2.24, 2.45) is 16.7 Å². The Morgan fingerprint density at radius 3 is 1.94 bits per heavy atom. The molecule has 0 aromatic rings. The normalized spacial score (nSPS) is 14.7. The maximum absolute atomic E-state index is 12.1. The first-order valence-corrected chi connectivity index (χ1v) is 6.35. The van der Waals surface area contributed by atoms with E-state index in [0.29, 0.717) is 0 Å². The summed E-state index contributed by atoms with van der Waals surface area (Å²) >= 11 is 0. The molecule has 0 aliphatic heterocycles. The highest BCUT2D eigenvalue weighted by Crippen LogP contribution is 2.35. The number of hydrogen-bond donors (Lipinski definition) is 1. The Labute approximate surface area is 101 Å². The molecule has 1 atom stereocenters. The molecule has 96 valence electrons. The van der Waals surface area contributed by atoms with Gasteiger partial charge in [-0.1, -0.05) is 48.5 Å². The van der Waals surface area contributed by atoms with Crippen molar-refractivity contribution in [3.8, 4) is 0 Å². The maximum Gasteiger partial charge on any atom is 0.223 e. The van der Waals surface area contributed by atoms with Crippen molar-refractivity contribution < 1.29 is 4.79 Å². The summed E-state index contributed by atoms with van der Waals surface area (Å²) in [7, 11) is 0. The molecule has 0 heterocycles. The number of nitrogens with one attached hydrogen (secondary N) is 1. The standard InChI is InChI=1S/C14H29NO/c1-8-9-15-12(16)11(14(5,6)7)10-13(2,3)4/h11H,8-10H2,1-7H3,(H,15,16). The second-order valence-electron chi connectivity index (χ2n) is 6.97. The van der Waals surface area contributed by atoms with E-state index < -0.39 is 0 Å². The minimum absolute atomic E-state index is 0.0328. The molecule has 1 amide bonds. The summed E-state index contributed by atoms with van der Waals surface area (Å²) in [5, 5.41) is 3.02. The zero-order valence-corrected chi connectivity index (χ0v) is 12.1. The quantitative estimate of drug-likeness (QED) is 0.781. The number of carbonyl (C=O) groups excluding carboxylic acids is 1. The zero-order valence-electron chi connectivity index (χ0n) is 12.1. The van der Waals surface area contributed by atoms with E-state index in [1.807, 2.05) is 0 Å². The third-order valence-corrected chi connectivity index (χ3v) is 2.73. The summed E-state index contributed by atoms with van der Waals surface area (Å²) < 4.78 is 0. The van der Waals surface area contributed by atoms with Crippen molar-refractivity contribution in [2.75, 3.05) is 6.54 Å². The molecule has 0 saturated heterocycles. The molecule has 0 radical (unpaired) electrons. The lowest BCUT2D eigenvalue weighted by molar-refractivity contribution is -0.129. The Kier molecular flexibility index (Phi) is 5.51. The molecule has 0 aromatic heterocycles. The fraction of sp³-hybridized carbons (Fsp3) is 0.929. The van der Waals surface area contributed by atoms with Crippen molar-refractivity contribution in [2.45, 2.75) is 61.3 Å². The van der Waals surface area contributed by atoms with E-state index in [2.05, 4.69) is 53.8 Å². The lowest BCUT2D eigenvalue weighted by Gasteiger charge is -2.34. The molecule has 0 aromatic carbocycles. The molecule has 0 bridgehead atoms. The lowest BCUT2D eigenvalue weighted by atomic mass is 9.71. The van der Waals surface area contributed by atoms with E-state index in [1.54, 1.807) is 0 Å². The van der Waals surface area contributed by atoms with Gasteiger partial charge in [-0.2, -0.15) is 0 Å². The summed E-state index contributed by atoms with van der Waals surface area (Å²) in [5.74, 6) is 0.309. The van der Waals surface area contributed by atoms with Crippen LogP contribution in [0.4, 0.5) is 0 Å². The first-order chi connectivity index (χ1) is 7.08. The average molecular weight is 227 g/mol.